The van der Waals surface area contributed by atoms with Crippen molar-refractivity contribution in [3.8, 4) is 0 Å². The average molecular weight is 569 g/mol. The number of carbonyl (C=O) groups is 2. The lowest BCUT2D eigenvalue weighted by Crippen LogP contribution is -2.33. The molecule has 0 bridgehead atoms. The molecule has 206 valence electrons. The molecule has 2 N–H and O–H groups in total. The predicted molar refractivity (Wildman–Crippen MR) is 141 cm³/mol. The molecule has 2 amide bonds. The molecule has 0 spiro atoms. The number of anilines is 3. The van der Waals surface area contributed by atoms with Crippen molar-refractivity contribution in [3.05, 3.63) is 82.4 Å². The van der Waals surface area contributed by atoms with E-state index in [4.69, 9.17) is 0 Å². The minimum Gasteiger partial charge on any atom is -0.355 e. The third kappa shape index (κ3) is 6.57. The van der Waals surface area contributed by atoms with E-state index in [-0.39, 0.29) is 23.4 Å². The molecule has 0 atom stereocenters. The quantitative estimate of drug-likeness (QED) is 0.307. The maximum absolute atomic E-state index is 13.9. The Kier molecular flexibility index (Phi) is 8.24. The number of amides is 2. The summed E-state index contributed by atoms with van der Waals surface area (Å²) in [7, 11) is 0. The van der Waals surface area contributed by atoms with E-state index in [1.54, 1.807) is 30.5 Å². The molecule has 1 aliphatic heterocycles. The van der Waals surface area contributed by atoms with Crippen LogP contribution in [0.5, 0.6) is 0 Å². The zero-order chi connectivity index (χ0) is 28.1. The van der Waals surface area contributed by atoms with Gasteiger partial charge in [0, 0.05) is 36.5 Å². The second-order valence-electron chi connectivity index (χ2n) is 9.08. The molecule has 10 nitrogen and oxygen atoms in total. The summed E-state index contributed by atoms with van der Waals surface area (Å²) in [6.07, 6.45) is 2.61. The Morgan fingerprint density at radius 1 is 0.875 bits per heavy atom. The molecule has 40 heavy (non-hydrogen) atoms. The number of halogens is 3. The summed E-state index contributed by atoms with van der Waals surface area (Å²) in [5, 5.41) is 22.6. The summed E-state index contributed by atoms with van der Waals surface area (Å²) in [6, 6.07) is 10.3. The summed E-state index contributed by atoms with van der Waals surface area (Å²) in [5.74, 6) is -3.42. The monoisotopic (exact) mass is 568 g/mol. The Bertz CT molecular complexity index is 1500. The fourth-order valence-corrected chi connectivity index (χ4v) is 5.20. The summed E-state index contributed by atoms with van der Waals surface area (Å²) in [6.45, 7) is 1.37. The number of carbonyl (C=O) groups excluding carboxylic acids is 2. The first-order valence-electron chi connectivity index (χ1n) is 12.4. The van der Waals surface area contributed by atoms with Gasteiger partial charge in [0.05, 0.1) is 12.8 Å². The van der Waals surface area contributed by atoms with Gasteiger partial charge in [0.1, 0.15) is 10.8 Å². The summed E-state index contributed by atoms with van der Waals surface area (Å²) in [5.41, 5.74) is 0.0182. The van der Waals surface area contributed by atoms with E-state index in [0.717, 1.165) is 23.9 Å². The van der Waals surface area contributed by atoms with Crippen LogP contribution < -0.4 is 15.5 Å². The smallest absolute Gasteiger partial charge is 0.231 e. The molecule has 1 fully saturated rings. The molecule has 5 rings (SSSR count). The molecule has 0 saturated carbocycles. The molecule has 1 aliphatic rings. The first-order valence-corrected chi connectivity index (χ1v) is 13.2. The van der Waals surface area contributed by atoms with Crippen LogP contribution in [0.25, 0.3) is 0 Å². The van der Waals surface area contributed by atoms with Crippen LogP contribution in [0.2, 0.25) is 0 Å². The number of piperidine rings is 1. The van der Waals surface area contributed by atoms with Gasteiger partial charge < -0.3 is 15.5 Å². The van der Waals surface area contributed by atoms with Crippen LogP contribution in [-0.4, -0.2) is 50.3 Å². The second-order valence-corrected chi connectivity index (χ2v) is 10.1. The van der Waals surface area contributed by atoms with Gasteiger partial charge in [-0.15, -0.1) is 20.4 Å². The van der Waals surface area contributed by atoms with Crippen molar-refractivity contribution in [2.75, 3.05) is 28.6 Å². The fourth-order valence-electron chi connectivity index (χ4n) is 4.28. The number of nitrogens with zero attached hydrogens (tertiary/aromatic N) is 6. The zero-order valence-electron chi connectivity index (χ0n) is 21.0. The third-order valence-electron chi connectivity index (χ3n) is 6.32. The summed E-state index contributed by atoms with van der Waals surface area (Å²) in [4.78, 5) is 30.7. The van der Waals surface area contributed by atoms with Crippen LogP contribution in [0.3, 0.4) is 0 Å². The normalized spacial score (nSPS) is 13.7. The van der Waals surface area contributed by atoms with Gasteiger partial charge in [-0.05, 0) is 49.2 Å². The SMILES string of the molecule is O=C(Cc1ccccn1)Nc1ccc(N2CCC(c3nnc(NC(=O)Cc4c(F)ccc(F)c4F)s3)CC2)nn1. The number of pyridine rings is 1. The molecule has 3 aromatic heterocycles. The van der Waals surface area contributed by atoms with E-state index in [1.165, 1.54) is 11.3 Å². The molecular weight excluding hydrogens is 545 g/mol. The van der Waals surface area contributed by atoms with Gasteiger partial charge >= 0.3 is 0 Å². The number of rotatable bonds is 8. The van der Waals surface area contributed by atoms with Crippen molar-refractivity contribution in [1.29, 1.82) is 0 Å². The first-order chi connectivity index (χ1) is 19.4. The highest BCUT2D eigenvalue weighted by Crippen LogP contribution is 2.33. The fraction of sp³-hybridized carbons (Fsp3) is 0.269. The molecule has 4 aromatic rings. The van der Waals surface area contributed by atoms with Crippen LogP contribution >= 0.6 is 11.3 Å². The van der Waals surface area contributed by atoms with Crippen LogP contribution in [0.15, 0.2) is 48.7 Å². The summed E-state index contributed by atoms with van der Waals surface area (Å²) >= 11 is 1.19. The molecular formula is C26H23F3N8O2S. The van der Waals surface area contributed by atoms with Gasteiger partial charge in [-0.3, -0.25) is 14.6 Å². The average Bonchev–Trinajstić information content (AvgIpc) is 3.42. The van der Waals surface area contributed by atoms with E-state index in [0.29, 0.717) is 36.5 Å². The van der Waals surface area contributed by atoms with Crippen molar-refractivity contribution in [2.24, 2.45) is 0 Å². The number of hydrogen-bond acceptors (Lipinski definition) is 9. The number of aromatic nitrogens is 5. The molecule has 0 radical (unpaired) electrons. The van der Waals surface area contributed by atoms with Gasteiger partial charge in [-0.25, -0.2) is 13.2 Å². The highest BCUT2D eigenvalue weighted by atomic mass is 32.1. The number of benzene rings is 1. The van der Waals surface area contributed by atoms with Crippen LogP contribution in [0.1, 0.15) is 35.0 Å². The van der Waals surface area contributed by atoms with E-state index in [9.17, 15) is 22.8 Å². The maximum Gasteiger partial charge on any atom is 0.231 e. The van der Waals surface area contributed by atoms with Gasteiger partial charge in [-0.2, -0.15) is 0 Å². The lowest BCUT2D eigenvalue weighted by Gasteiger charge is -2.31. The Hall–Kier alpha value is -4.46. The highest BCUT2D eigenvalue weighted by Gasteiger charge is 2.25. The van der Waals surface area contributed by atoms with Crippen LogP contribution in [0.4, 0.5) is 29.9 Å². The van der Waals surface area contributed by atoms with Crippen LogP contribution in [0, 0.1) is 17.5 Å². The van der Waals surface area contributed by atoms with E-state index < -0.39 is 35.3 Å². The minimum atomic E-state index is -1.38. The van der Waals surface area contributed by atoms with Crippen molar-refractivity contribution >= 4 is 39.9 Å². The molecule has 14 heteroatoms. The Morgan fingerprint density at radius 2 is 1.65 bits per heavy atom. The van der Waals surface area contributed by atoms with Crippen LogP contribution in [-0.2, 0) is 22.4 Å². The lowest BCUT2D eigenvalue weighted by molar-refractivity contribution is -0.116. The van der Waals surface area contributed by atoms with E-state index in [1.807, 2.05) is 6.07 Å². The van der Waals surface area contributed by atoms with Crippen molar-refractivity contribution in [2.45, 2.75) is 31.6 Å². The molecule has 0 aliphatic carbocycles. The predicted octanol–water partition coefficient (Wildman–Crippen LogP) is 3.89. The molecule has 1 aromatic carbocycles. The van der Waals surface area contributed by atoms with E-state index >= 15 is 0 Å². The highest BCUT2D eigenvalue weighted by molar-refractivity contribution is 7.15. The largest absolute Gasteiger partial charge is 0.355 e. The molecule has 4 heterocycles. The Balaban J connectivity index is 1.10. The maximum atomic E-state index is 13.9. The lowest BCUT2D eigenvalue weighted by atomic mass is 9.98. The standard InChI is InChI=1S/C26H23F3N8O2S/c27-18-4-5-19(28)24(29)17(18)14-23(39)32-26-36-35-25(40-26)15-8-11-37(12-9-15)21-7-6-20(33-34-21)31-22(38)13-16-3-1-2-10-30-16/h1-7,10,15H,8-9,11-14H2,(H,31,33,38)(H,32,36,39). The van der Waals surface area contributed by atoms with Crippen molar-refractivity contribution in [3.63, 3.8) is 0 Å². The second kappa shape index (κ2) is 12.2. The minimum absolute atomic E-state index is 0.107. The Morgan fingerprint density at radius 3 is 2.38 bits per heavy atom. The summed E-state index contributed by atoms with van der Waals surface area (Å²) < 4.78 is 41.1. The van der Waals surface area contributed by atoms with Crippen molar-refractivity contribution in [1.82, 2.24) is 25.4 Å². The van der Waals surface area contributed by atoms with Gasteiger partial charge in [-0.1, -0.05) is 17.4 Å². The molecule has 0 unspecified atom stereocenters. The van der Waals surface area contributed by atoms with Gasteiger partial charge in [0.25, 0.3) is 0 Å². The topological polar surface area (TPSA) is 126 Å². The Labute approximate surface area is 230 Å². The zero-order valence-corrected chi connectivity index (χ0v) is 21.8. The number of nitrogens with one attached hydrogen (secondary N) is 2. The first kappa shape index (κ1) is 27.1. The van der Waals surface area contributed by atoms with Crippen molar-refractivity contribution < 1.29 is 22.8 Å². The van der Waals surface area contributed by atoms with Gasteiger partial charge in [0.2, 0.25) is 16.9 Å². The van der Waals surface area contributed by atoms with Gasteiger partial charge in [0.15, 0.2) is 23.3 Å². The number of hydrogen-bond donors (Lipinski definition) is 2. The third-order valence-corrected chi connectivity index (χ3v) is 7.32. The van der Waals surface area contributed by atoms with E-state index in [2.05, 4.69) is 40.9 Å². The molecule has 1 saturated heterocycles.